The predicted molar refractivity (Wildman–Crippen MR) is 81.2 cm³/mol. The van der Waals surface area contributed by atoms with Crippen LogP contribution in [0.4, 0.5) is 11.6 Å². The van der Waals surface area contributed by atoms with Crippen molar-refractivity contribution in [2.24, 2.45) is 0 Å². The van der Waals surface area contributed by atoms with Crippen molar-refractivity contribution in [3.05, 3.63) is 30.0 Å². The summed E-state index contributed by atoms with van der Waals surface area (Å²) < 4.78 is 0. The van der Waals surface area contributed by atoms with Gasteiger partial charge in [0, 0.05) is 18.8 Å². The van der Waals surface area contributed by atoms with Crippen LogP contribution in [0.1, 0.15) is 18.9 Å². The number of hydrogen-bond acceptors (Lipinski definition) is 7. The molecule has 0 spiro atoms. The Hall–Kier alpha value is -1.86. The molecular weight excluding hydrogens is 272 g/mol. The number of rotatable bonds is 6. The second-order valence-corrected chi connectivity index (χ2v) is 5.27. The Morgan fingerprint density at radius 2 is 1.95 bits per heavy atom. The van der Waals surface area contributed by atoms with Gasteiger partial charge in [0.25, 0.3) is 0 Å². The molecule has 2 rings (SSSR count). The third-order valence-electron chi connectivity index (χ3n) is 2.49. The van der Waals surface area contributed by atoms with E-state index in [1.165, 1.54) is 17.8 Å². The van der Waals surface area contributed by atoms with Gasteiger partial charge in [0.05, 0.1) is 0 Å². The van der Waals surface area contributed by atoms with Crippen molar-refractivity contribution in [3.8, 4) is 0 Å². The van der Waals surface area contributed by atoms with Crippen molar-refractivity contribution in [3.63, 3.8) is 0 Å². The molecule has 20 heavy (non-hydrogen) atoms. The van der Waals surface area contributed by atoms with Gasteiger partial charge in [-0.1, -0.05) is 13.0 Å². The molecule has 6 nitrogen and oxygen atoms in total. The first-order chi connectivity index (χ1) is 9.67. The molecule has 0 fully saturated rings. The first kappa shape index (κ1) is 14.5. The molecule has 2 aromatic rings. The summed E-state index contributed by atoms with van der Waals surface area (Å²) >= 11 is 1.34. The van der Waals surface area contributed by atoms with Crippen LogP contribution in [0.3, 0.4) is 0 Å². The van der Waals surface area contributed by atoms with Gasteiger partial charge in [-0.15, -0.1) is 0 Å². The monoisotopic (exact) mass is 290 g/mol. The standard InChI is InChI=1S/C13H18N6S/c1-2-5-16-7-9-3-4-12(17-8-9)20-13-18-10(14)6-11(15)19-13/h3-4,6,8,16H,2,5,7H2,1H3,(H4,14,15,18,19). The normalized spacial score (nSPS) is 10.7. The number of hydrogen-bond donors (Lipinski definition) is 3. The van der Waals surface area contributed by atoms with Crippen molar-refractivity contribution >= 4 is 23.4 Å². The van der Waals surface area contributed by atoms with Crippen LogP contribution < -0.4 is 16.8 Å². The van der Waals surface area contributed by atoms with E-state index in [-0.39, 0.29) is 0 Å². The quantitative estimate of drug-likeness (QED) is 0.549. The third kappa shape index (κ3) is 4.36. The maximum absolute atomic E-state index is 5.63. The van der Waals surface area contributed by atoms with Crippen molar-refractivity contribution in [1.29, 1.82) is 0 Å². The molecule has 2 aromatic heterocycles. The summed E-state index contributed by atoms with van der Waals surface area (Å²) in [4.78, 5) is 12.6. The van der Waals surface area contributed by atoms with Gasteiger partial charge in [0.2, 0.25) is 0 Å². The third-order valence-corrected chi connectivity index (χ3v) is 3.31. The van der Waals surface area contributed by atoms with Gasteiger partial charge in [-0.25, -0.2) is 15.0 Å². The maximum atomic E-state index is 5.63. The SMILES string of the molecule is CCCNCc1ccc(Sc2nc(N)cc(N)n2)nc1. The number of nitrogen functional groups attached to an aromatic ring is 2. The molecule has 2 heterocycles. The van der Waals surface area contributed by atoms with Crippen LogP contribution in [0.15, 0.2) is 34.6 Å². The lowest BCUT2D eigenvalue weighted by Crippen LogP contribution is -2.13. The molecule has 0 aliphatic heterocycles. The number of nitrogens with zero attached hydrogens (tertiary/aromatic N) is 3. The molecule has 0 radical (unpaired) electrons. The lowest BCUT2D eigenvalue weighted by atomic mass is 10.3. The van der Waals surface area contributed by atoms with E-state index in [1.54, 1.807) is 0 Å². The lowest BCUT2D eigenvalue weighted by Gasteiger charge is -2.05. The topological polar surface area (TPSA) is 103 Å². The number of anilines is 2. The Labute approximate surface area is 122 Å². The van der Waals surface area contributed by atoms with Gasteiger partial charge < -0.3 is 16.8 Å². The number of pyridine rings is 1. The number of nitrogens with one attached hydrogen (secondary N) is 1. The molecule has 7 heteroatoms. The first-order valence-electron chi connectivity index (χ1n) is 6.41. The van der Waals surface area contributed by atoms with Gasteiger partial charge >= 0.3 is 0 Å². The summed E-state index contributed by atoms with van der Waals surface area (Å²) in [6.45, 7) is 3.97. The molecule has 0 unspecified atom stereocenters. The highest BCUT2D eigenvalue weighted by Gasteiger charge is 2.04. The van der Waals surface area contributed by atoms with Crippen molar-refractivity contribution in [1.82, 2.24) is 20.3 Å². The number of nitrogens with two attached hydrogens (primary N) is 2. The Balaban J connectivity index is 1.99. The predicted octanol–water partition coefficient (Wildman–Crippen LogP) is 1.69. The summed E-state index contributed by atoms with van der Waals surface area (Å²) in [6, 6.07) is 5.50. The van der Waals surface area contributed by atoms with Gasteiger partial charge in [-0.2, -0.15) is 0 Å². The Morgan fingerprint density at radius 1 is 1.20 bits per heavy atom. The summed E-state index contributed by atoms with van der Waals surface area (Å²) in [6.07, 6.45) is 2.97. The lowest BCUT2D eigenvalue weighted by molar-refractivity contribution is 0.673. The molecule has 5 N–H and O–H groups in total. The van der Waals surface area contributed by atoms with Crippen LogP contribution in [0, 0.1) is 0 Å². The Kier molecular flexibility index (Phi) is 5.14. The van der Waals surface area contributed by atoms with Crippen molar-refractivity contribution in [2.75, 3.05) is 18.0 Å². The highest BCUT2D eigenvalue weighted by Crippen LogP contribution is 2.24. The summed E-state index contributed by atoms with van der Waals surface area (Å²) in [5.41, 5.74) is 12.4. The van der Waals surface area contributed by atoms with Crippen molar-refractivity contribution in [2.45, 2.75) is 30.1 Å². The molecule has 0 aliphatic carbocycles. The second kappa shape index (κ2) is 7.06. The van der Waals surface area contributed by atoms with Gasteiger partial charge in [0.1, 0.15) is 16.7 Å². The Bertz CT molecular complexity index is 537. The van der Waals surface area contributed by atoms with Crippen LogP contribution >= 0.6 is 11.8 Å². The van der Waals surface area contributed by atoms with Gasteiger partial charge in [-0.05, 0) is 36.4 Å². The van der Waals surface area contributed by atoms with E-state index < -0.39 is 0 Å². The zero-order valence-corrected chi connectivity index (χ0v) is 12.2. The summed E-state index contributed by atoms with van der Waals surface area (Å²) in [5, 5.41) is 4.65. The minimum Gasteiger partial charge on any atom is -0.383 e. The van der Waals surface area contributed by atoms with Gasteiger partial charge in [0.15, 0.2) is 5.16 Å². The van der Waals surface area contributed by atoms with E-state index in [0.717, 1.165) is 30.1 Å². The fourth-order valence-corrected chi connectivity index (χ4v) is 2.32. The largest absolute Gasteiger partial charge is 0.383 e. The van der Waals surface area contributed by atoms with Gasteiger partial charge in [-0.3, -0.25) is 0 Å². The van der Waals surface area contributed by atoms with Crippen molar-refractivity contribution < 1.29 is 0 Å². The zero-order valence-electron chi connectivity index (χ0n) is 11.3. The fraction of sp³-hybridized carbons (Fsp3) is 0.308. The molecule has 0 amide bonds. The first-order valence-corrected chi connectivity index (χ1v) is 7.22. The van der Waals surface area contributed by atoms with E-state index in [9.17, 15) is 0 Å². The fourth-order valence-electron chi connectivity index (χ4n) is 1.59. The van der Waals surface area contributed by atoms with E-state index in [1.807, 2.05) is 18.3 Å². The van der Waals surface area contributed by atoms with Crippen LogP contribution in [-0.4, -0.2) is 21.5 Å². The van der Waals surface area contributed by atoms with Crippen LogP contribution in [0.5, 0.6) is 0 Å². The zero-order chi connectivity index (χ0) is 14.4. The average molecular weight is 290 g/mol. The van der Waals surface area contributed by atoms with E-state index in [2.05, 4.69) is 27.2 Å². The minimum atomic E-state index is 0.361. The Morgan fingerprint density at radius 3 is 2.55 bits per heavy atom. The van der Waals surface area contributed by atoms with Crippen LogP contribution in [-0.2, 0) is 6.54 Å². The smallest absolute Gasteiger partial charge is 0.197 e. The highest BCUT2D eigenvalue weighted by atomic mass is 32.2. The molecule has 0 atom stereocenters. The van der Waals surface area contributed by atoms with E-state index >= 15 is 0 Å². The van der Waals surface area contributed by atoms with Crippen LogP contribution in [0.2, 0.25) is 0 Å². The molecule has 0 bridgehead atoms. The molecule has 0 saturated heterocycles. The van der Waals surface area contributed by atoms with Crippen LogP contribution in [0.25, 0.3) is 0 Å². The molecule has 0 saturated carbocycles. The minimum absolute atomic E-state index is 0.361. The maximum Gasteiger partial charge on any atom is 0.197 e. The average Bonchev–Trinajstić information content (AvgIpc) is 2.40. The summed E-state index contributed by atoms with van der Waals surface area (Å²) in [5.74, 6) is 0.723. The molecule has 0 aromatic carbocycles. The molecule has 106 valence electrons. The van der Waals surface area contributed by atoms with E-state index in [0.29, 0.717) is 16.8 Å². The second-order valence-electron chi connectivity index (χ2n) is 4.28. The molecular formula is C13H18N6S. The molecule has 0 aliphatic rings. The van der Waals surface area contributed by atoms with E-state index in [4.69, 9.17) is 11.5 Å². The highest BCUT2D eigenvalue weighted by molar-refractivity contribution is 7.99. The number of aromatic nitrogens is 3. The summed E-state index contributed by atoms with van der Waals surface area (Å²) in [7, 11) is 0.